The summed E-state index contributed by atoms with van der Waals surface area (Å²) in [5.74, 6) is 0.977. The Bertz CT molecular complexity index is 472. The molecule has 1 saturated heterocycles. The quantitative estimate of drug-likeness (QED) is 0.660. The van der Waals surface area contributed by atoms with Crippen LogP contribution in [0, 0.1) is 23.2 Å². The lowest BCUT2D eigenvalue weighted by atomic mass is 9.47. The van der Waals surface area contributed by atoms with Crippen LogP contribution in [0.4, 0.5) is 0 Å². The standard InChI is InChI=1S/C15H20O3/c1-8-9(2)12(16)11-10(8)13-14(11,3)4-5-15(13)17-6-7-18-15/h10-11,13H,4-7H2,1-3H3/t10-,11+,13-,14-/m0/s1. The summed E-state index contributed by atoms with van der Waals surface area (Å²) in [5.41, 5.74) is 2.38. The van der Waals surface area contributed by atoms with Gasteiger partial charge in [-0.1, -0.05) is 12.5 Å². The Hall–Kier alpha value is -0.670. The van der Waals surface area contributed by atoms with Crippen LogP contribution in [-0.2, 0) is 14.3 Å². The normalized spacial score (nSPS) is 48.6. The summed E-state index contributed by atoms with van der Waals surface area (Å²) in [7, 11) is 0. The molecule has 3 nitrogen and oxygen atoms in total. The molecule has 0 aromatic carbocycles. The van der Waals surface area contributed by atoms with Gasteiger partial charge in [-0.15, -0.1) is 0 Å². The number of Topliss-reactive ketones (excluding diaryl/α,β-unsaturated/α-hetero) is 1. The fraction of sp³-hybridized carbons (Fsp3) is 0.800. The highest BCUT2D eigenvalue weighted by atomic mass is 16.7. The fourth-order valence-electron chi connectivity index (χ4n) is 5.21. The van der Waals surface area contributed by atoms with Crippen molar-refractivity contribution in [2.45, 2.75) is 39.4 Å². The van der Waals surface area contributed by atoms with Crippen LogP contribution in [0.3, 0.4) is 0 Å². The van der Waals surface area contributed by atoms with Gasteiger partial charge in [-0.25, -0.2) is 0 Å². The highest BCUT2D eigenvalue weighted by Gasteiger charge is 2.75. The number of carbonyl (C=O) groups excluding carboxylic acids is 1. The van der Waals surface area contributed by atoms with Gasteiger partial charge in [0.15, 0.2) is 11.6 Å². The van der Waals surface area contributed by atoms with Crippen molar-refractivity contribution in [1.82, 2.24) is 0 Å². The average Bonchev–Trinajstić information content (AvgIpc) is 2.93. The summed E-state index contributed by atoms with van der Waals surface area (Å²) in [6, 6.07) is 0. The summed E-state index contributed by atoms with van der Waals surface area (Å²) >= 11 is 0. The van der Waals surface area contributed by atoms with Crippen molar-refractivity contribution in [3.8, 4) is 0 Å². The van der Waals surface area contributed by atoms with Crippen molar-refractivity contribution in [1.29, 1.82) is 0 Å². The van der Waals surface area contributed by atoms with Gasteiger partial charge in [-0.3, -0.25) is 4.79 Å². The molecule has 0 aromatic rings. The van der Waals surface area contributed by atoms with Crippen LogP contribution in [0.15, 0.2) is 11.1 Å². The summed E-state index contributed by atoms with van der Waals surface area (Å²) in [4.78, 5) is 12.4. The first-order chi connectivity index (χ1) is 8.51. The first-order valence-electron chi connectivity index (χ1n) is 7.01. The van der Waals surface area contributed by atoms with Crippen LogP contribution in [0.5, 0.6) is 0 Å². The van der Waals surface area contributed by atoms with Crippen molar-refractivity contribution in [3.05, 3.63) is 11.1 Å². The molecule has 2 saturated carbocycles. The number of carbonyl (C=O) groups is 1. The molecule has 0 N–H and O–H groups in total. The van der Waals surface area contributed by atoms with Crippen molar-refractivity contribution in [2.75, 3.05) is 13.2 Å². The van der Waals surface area contributed by atoms with Gasteiger partial charge in [0, 0.05) is 18.3 Å². The second-order valence-corrected chi connectivity index (χ2v) is 6.67. The number of rotatable bonds is 0. The molecule has 3 heteroatoms. The van der Waals surface area contributed by atoms with E-state index in [-0.39, 0.29) is 17.1 Å². The lowest BCUT2D eigenvalue weighted by molar-refractivity contribution is -0.242. The summed E-state index contributed by atoms with van der Waals surface area (Å²) in [6.45, 7) is 7.79. The molecular weight excluding hydrogens is 228 g/mol. The Morgan fingerprint density at radius 3 is 2.50 bits per heavy atom. The summed E-state index contributed by atoms with van der Waals surface area (Å²) in [6.07, 6.45) is 2.02. The minimum Gasteiger partial charge on any atom is -0.347 e. The fourth-order valence-corrected chi connectivity index (χ4v) is 5.21. The minimum atomic E-state index is -0.373. The Labute approximate surface area is 108 Å². The first-order valence-corrected chi connectivity index (χ1v) is 7.01. The van der Waals surface area contributed by atoms with Gasteiger partial charge in [0.25, 0.3) is 0 Å². The molecule has 1 aliphatic heterocycles. The Morgan fingerprint density at radius 1 is 1.17 bits per heavy atom. The maximum absolute atomic E-state index is 12.4. The highest BCUT2D eigenvalue weighted by Crippen LogP contribution is 2.73. The number of fused-ring (bicyclic) bond motifs is 5. The van der Waals surface area contributed by atoms with E-state index in [2.05, 4.69) is 13.8 Å². The van der Waals surface area contributed by atoms with Crippen molar-refractivity contribution >= 4 is 5.78 Å². The largest absolute Gasteiger partial charge is 0.347 e. The minimum absolute atomic E-state index is 0.102. The molecule has 98 valence electrons. The smallest absolute Gasteiger partial charge is 0.172 e. The Morgan fingerprint density at radius 2 is 1.83 bits per heavy atom. The van der Waals surface area contributed by atoms with Gasteiger partial charge in [0.1, 0.15) is 0 Å². The molecule has 1 heterocycles. The van der Waals surface area contributed by atoms with Crippen LogP contribution >= 0.6 is 0 Å². The summed E-state index contributed by atoms with van der Waals surface area (Å²) < 4.78 is 11.9. The molecule has 4 rings (SSSR count). The van der Waals surface area contributed by atoms with E-state index >= 15 is 0 Å². The molecule has 4 atom stereocenters. The molecule has 0 bridgehead atoms. The van der Waals surface area contributed by atoms with Gasteiger partial charge < -0.3 is 9.47 Å². The van der Waals surface area contributed by atoms with Gasteiger partial charge >= 0.3 is 0 Å². The van der Waals surface area contributed by atoms with E-state index in [0.29, 0.717) is 30.8 Å². The monoisotopic (exact) mass is 248 g/mol. The molecule has 0 aromatic heterocycles. The van der Waals surface area contributed by atoms with Crippen molar-refractivity contribution in [3.63, 3.8) is 0 Å². The highest BCUT2D eigenvalue weighted by molar-refractivity contribution is 6.02. The molecule has 4 aliphatic rings. The molecular formula is C15H20O3. The van der Waals surface area contributed by atoms with Gasteiger partial charge in [-0.2, -0.15) is 0 Å². The van der Waals surface area contributed by atoms with Crippen LogP contribution in [0.2, 0.25) is 0 Å². The zero-order valence-corrected chi connectivity index (χ0v) is 11.3. The molecule has 0 unspecified atom stereocenters. The molecule has 3 fully saturated rings. The van der Waals surface area contributed by atoms with Crippen molar-refractivity contribution < 1.29 is 14.3 Å². The van der Waals surface area contributed by atoms with Gasteiger partial charge in [0.05, 0.1) is 13.2 Å². The number of hydrogen-bond acceptors (Lipinski definition) is 3. The van der Waals surface area contributed by atoms with Crippen LogP contribution in [0.25, 0.3) is 0 Å². The zero-order valence-electron chi connectivity index (χ0n) is 11.3. The third kappa shape index (κ3) is 0.958. The van der Waals surface area contributed by atoms with Gasteiger partial charge in [0.2, 0.25) is 0 Å². The van der Waals surface area contributed by atoms with E-state index < -0.39 is 0 Å². The van der Waals surface area contributed by atoms with E-state index in [4.69, 9.17) is 9.47 Å². The molecule has 18 heavy (non-hydrogen) atoms. The molecule has 0 amide bonds. The predicted molar refractivity (Wildman–Crippen MR) is 65.8 cm³/mol. The van der Waals surface area contributed by atoms with E-state index in [1.165, 1.54) is 5.57 Å². The Balaban J connectivity index is 1.79. The number of allylic oxidation sites excluding steroid dienone is 2. The lowest BCUT2D eigenvalue weighted by Gasteiger charge is -2.57. The number of hydrogen-bond donors (Lipinski definition) is 0. The molecule has 1 spiro atoms. The second-order valence-electron chi connectivity index (χ2n) is 6.67. The third-order valence-electron chi connectivity index (χ3n) is 6.14. The first kappa shape index (κ1) is 11.2. The number of ketones is 1. The lowest BCUT2D eigenvalue weighted by Crippen LogP contribution is -2.60. The van der Waals surface area contributed by atoms with Crippen LogP contribution in [0.1, 0.15) is 33.6 Å². The maximum Gasteiger partial charge on any atom is 0.172 e. The second kappa shape index (κ2) is 3.07. The maximum atomic E-state index is 12.4. The van der Waals surface area contributed by atoms with Crippen LogP contribution < -0.4 is 0 Å². The predicted octanol–water partition coefficient (Wildman–Crippen LogP) is 2.31. The molecule has 3 aliphatic carbocycles. The van der Waals surface area contributed by atoms with E-state index in [1.54, 1.807) is 0 Å². The molecule has 0 radical (unpaired) electrons. The summed E-state index contributed by atoms with van der Waals surface area (Å²) in [5, 5.41) is 0. The topological polar surface area (TPSA) is 35.5 Å². The van der Waals surface area contributed by atoms with Crippen molar-refractivity contribution in [2.24, 2.45) is 23.2 Å². The van der Waals surface area contributed by atoms with Crippen LogP contribution in [-0.4, -0.2) is 24.8 Å². The Kier molecular flexibility index (Phi) is 1.91. The number of ether oxygens (including phenoxy) is 2. The van der Waals surface area contributed by atoms with E-state index in [0.717, 1.165) is 18.4 Å². The van der Waals surface area contributed by atoms with Gasteiger partial charge in [-0.05, 0) is 37.2 Å². The zero-order chi connectivity index (χ0) is 12.7. The van der Waals surface area contributed by atoms with E-state index in [9.17, 15) is 4.79 Å². The van der Waals surface area contributed by atoms with E-state index in [1.807, 2.05) is 6.92 Å². The average molecular weight is 248 g/mol. The SMILES string of the molecule is CC1=C(C)[C@@H]2[C@@H]3C4(CC[C@@]3(C)[C@H]2C1=O)OCCO4. The third-order valence-corrected chi connectivity index (χ3v) is 6.14.